The molecule has 92 valence electrons. The lowest BCUT2D eigenvalue weighted by Gasteiger charge is -2.11. The number of hydrogen-bond donors (Lipinski definition) is 0. The molecule has 0 spiro atoms. The molecule has 0 heterocycles. The molecule has 1 rings (SSSR count). The highest BCUT2D eigenvalue weighted by Crippen LogP contribution is 2.10. The van der Waals surface area contributed by atoms with Crippen LogP contribution in [-0.2, 0) is 14.3 Å². The van der Waals surface area contributed by atoms with Gasteiger partial charge < -0.3 is 9.47 Å². The van der Waals surface area contributed by atoms with Crippen molar-refractivity contribution in [3.05, 3.63) is 33.4 Å². The van der Waals surface area contributed by atoms with Gasteiger partial charge in [0.25, 0.3) is 0 Å². The van der Waals surface area contributed by atoms with Crippen LogP contribution in [0.25, 0.3) is 0 Å². The second-order valence-corrected chi connectivity index (χ2v) is 4.62. The highest BCUT2D eigenvalue weighted by atomic mass is 127. The summed E-state index contributed by atoms with van der Waals surface area (Å²) in [5.41, 5.74) is 0.518. The summed E-state index contributed by atoms with van der Waals surface area (Å²) in [4.78, 5) is 23.4. The summed E-state index contributed by atoms with van der Waals surface area (Å²) < 4.78 is 10.6. The van der Waals surface area contributed by atoms with Crippen molar-refractivity contribution in [1.29, 1.82) is 0 Å². The lowest BCUT2D eigenvalue weighted by molar-refractivity contribution is -0.155. The molecule has 0 amide bonds. The average molecular weight is 348 g/mol. The average Bonchev–Trinajstić information content (AvgIpc) is 2.31. The van der Waals surface area contributed by atoms with Gasteiger partial charge in [0.05, 0.1) is 6.42 Å². The number of ether oxygens (including phenoxy) is 2. The van der Waals surface area contributed by atoms with Crippen molar-refractivity contribution in [2.24, 2.45) is 0 Å². The van der Waals surface area contributed by atoms with Crippen molar-refractivity contribution in [2.45, 2.75) is 12.7 Å². The lowest BCUT2D eigenvalue weighted by atomic mass is 10.1. The van der Waals surface area contributed by atoms with Crippen LogP contribution in [0.5, 0.6) is 0 Å². The summed E-state index contributed by atoms with van der Waals surface area (Å²) >= 11 is 2.15. The minimum atomic E-state index is -0.970. The van der Waals surface area contributed by atoms with Crippen LogP contribution in [-0.4, -0.2) is 32.1 Å². The summed E-state index contributed by atoms with van der Waals surface area (Å²) in [7, 11) is 2.73. The van der Waals surface area contributed by atoms with Gasteiger partial charge in [-0.05, 0) is 34.7 Å². The van der Waals surface area contributed by atoms with E-state index < -0.39 is 6.29 Å². The van der Waals surface area contributed by atoms with E-state index in [-0.39, 0.29) is 18.0 Å². The zero-order valence-electron chi connectivity index (χ0n) is 9.60. The molecule has 5 heteroatoms. The fraction of sp³-hybridized carbons (Fsp3) is 0.333. The van der Waals surface area contributed by atoms with Crippen LogP contribution in [0.1, 0.15) is 16.8 Å². The maximum Gasteiger partial charge on any atom is 0.217 e. The van der Waals surface area contributed by atoms with Crippen LogP contribution in [0.3, 0.4) is 0 Å². The zero-order valence-corrected chi connectivity index (χ0v) is 11.8. The van der Waals surface area contributed by atoms with Crippen molar-refractivity contribution in [3.63, 3.8) is 0 Å². The monoisotopic (exact) mass is 348 g/mol. The number of ketones is 2. The molecule has 4 nitrogen and oxygen atoms in total. The molecule has 1 aromatic carbocycles. The number of rotatable bonds is 6. The third-order valence-electron chi connectivity index (χ3n) is 2.19. The summed E-state index contributed by atoms with van der Waals surface area (Å²) in [5.74, 6) is -0.607. The first kappa shape index (κ1) is 14.3. The molecule has 0 saturated carbocycles. The van der Waals surface area contributed by atoms with Gasteiger partial charge >= 0.3 is 0 Å². The number of benzene rings is 1. The topological polar surface area (TPSA) is 52.6 Å². The van der Waals surface area contributed by atoms with Gasteiger partial charge in [0.2, 0.25) is 6.29 Å². The Morgan fingerprint density at radius 2 is 1.71 bits per heavy atom. The van der Waals surface area contributed by atoms with E-state index in [1.54, 1.807) is 12.1 Å². The van der Waals surface area contributed by atoms with E-state index in [0.717, 1.165) is 3.57 Å². The predicted molar refractivity (Wildman–Crippen MR) is 70.9 cm³/mol. The van der Waals surface area contributed by atoms with E-state index in [1.165, 1.54) is 14.2 Å². The Hall–Kier alpha value is -0.790. The van der Waals surface area contributed by atoms with Gasteiger partial charge in [-0.3, -0.25) is 9.59 Å². The molecule has 0 aromatic heterocycles. The number of carbonyl (C=O) groups is 2. The maximum absolute atomic E-state index is 11.8. The first-order chi connectivity index (χ1) is 8.08. The first-order valence-corrected chi connectivity index (χ1v) is 6.03. The molecule has 0 atom stereocenters. The molecule has 0 aliphatic rings. The number of carbonyl (C=O) groups excluding carboxylic acids is 2. The normalized spacial score (nSPS) is 10.6. The Morgan fingerprint density at radius 3 is 2.18 bits per heavy atom. The zero-order chi connectivity index (χ0) is 12.8. The predicted octanol–water partition coefficient (Wildman–Crippen LogP) is 2.05. The Morgan fingerprint density at radius 1 is 1.18 bits per heavy atom. The molecule has 0 bridgehead atoms. The summed E-state index contributed by atoms with van der Waals surface area (Å²) in [6, 6.07) is 7.04. The Balaban J connectivity index is 2.66. The molecule has 0 aliphatic heterocycles. The minimum absolute atomic E-state index is 0.215. The SMILES string of the molecule is COC(OC)C(=O)CC(=O)c1ccc(I)cc1. The van der Waals surface area contributed by atoms with Gasteiger partial charge in [-0.1, -0.05) is 12.1 Å². The quantitative estimate of drug-likeness (QED) is 0.342. The molecule has 0 fully saturated rings. The highest BCUT2D eigenvalue weighted by Gasteiger charge is 2.20. The van der Waals surface area contributed by atoms with Gasteiger partial charge in [0.15, 0.2) is 11.6 Å². The molecular formula is C12H13IO4. The fourth-order valence-corrected chi connectivity index (χ4v) is 1.70. The highest BCUT2D eigenvalue weighted by molar-refractivity contribution is 14.1. The van der Waals surface area contributed by atoms with Gasteiger partial charge in [-0.15, -0.1) is 0 Å². The van der Waals surface area contributed by atoms with Crippen LogP contribution in [0.4, 0.5) is 0 Å². The van der Waals surface area contributed by atoms with E-state index in [1.807, 2.05) is 12.1 Å². The molecule has 0 saturated heterocycles. The second kappa shape index (κ2) is 6.83. The third-order valence-corrected chi connectivity index (χ3v) is 2.91. The summed E-state index contributed by atoms with van der Waals surface area (Å²) in [5, 5.41) is 0. The molecule has 1 aromatic rings. The van der Waals surface area contributed by atoms with E-state index in [9.17, 15) is 9.59 Å². The molecule has 17 heavy (non-hydrogen) atoms. The van der Waals surface area contributed by atoms with Crippen LogP contribution in [0, 0.1) is 3.57 Å². The van der Waals surface area contributed by atoms with E-state index in [0.29, 0.717) is 5.56 Å². The molecular weight excluding hydrogens is 335 g/mol. The van der Waals surface area contributed by atoms with Crippen molar-refractivity contribution in [3.8, 4) is 0 Å². The number of halogens is 1. The maximum atomic E-state index is 11.8. The van der Waals surface area contributed by atoms with Gasteiger partial charge in [-0.25, -0.2) is 0 Å². The molecule has 0 unspecified atom stereocenters. The van der Waals surface area contributed by atoms with Gasteiger partial charge in [-0.2, -0.15) is 0 Å². The number of Topliss-reactive ketones (excluding diaryl/α,β-unsaturated/α-hetero) is 2. The van der Waals surface area contributed by atoms with E-state index in [4.69, 9.17) is 9.47 Å². The third kappa shape index (κ3) is 4.18. The largest absolute Gasteiger partial charge is 0.349 e. The first-order valence-electron chi connectivity index (χ1n) is 4.95. The standard InChI is InChI=1S/C12H13IO4/c1-16-12(17-2)11(15)7-10(14)8-3-5-9(13)6-4-8/h3-6,12H,7H2,1-2H3. The Labute approximate surface area is 113 Å². The molecule has 0 radical (unpaired) electrons. The Kier molecular flexibility index (Phi) is 5.73. The van der Waals surface area contributed by atoms with Crippen LogP contribution in [0.2, 0.25) is 0 Å². The van der Waals surface area contributed by atoms with Crippen molar-refractivity contribution < 1.29 is 19.1 Å². The molecule has 0 aliphatic carbocycles. The fourth-order valence-electron chi connectivity index (χ4n) is 1.34. The van der Waals surface area contributed by atoms with Gasteiger partial charge in [0, 0.05) is 23.4 Å². The summed E-state index contributed by atoms with van der Waals surface area (Å²) in [6.45, 7) is 0. The minimum Gasteiger partial charge on any atom is -0.349 e. The van der Waals surface area contributed by atoms with E-state index >= 15 is 0 Å². The Bertz CT molecular complexity index is 395. The smallest absolute Gasteiger partial charge is 0.217 e. The van der Waals surface area contributed by atoms with Crippen molar-refractivity contribution in [1.82, 2.24) is 0 Å². The number of methoxy groups -OCH3 is 2. The van der Waals surface area contributed by atoms with Crippen LogP contribution >= 0.6 is 22.6 Å². The second-order valence-electron chi connectivity index (χ2n) is 3.38. The van der Waals surface area contributed by atoms with Crippen LogP contribution in [0.15, 0.2) is 24.3 Å². The molecule has 0 N–H and O–H groups in total. The number of hydrogen-bond acceptors (Lipinski definition) is 4. The van der Waals surface area contributed by atoms with Crippen molar-refractivity contribution >= 4 is 34.2 Å². The van der Waals surface area contributed by atoms with Gasteiger partial charge in [0.1, 0.15) is 0 Å². The van der Waals surface area contributed by atoms with E-state index in [2.05, 4.69) is 22.6 Å². The summed E-state index contributed by atoms with van der Waals surface area (Å²) in [6.07, 6.45) is -1.18. The van der Waals surface area contributed by atoms with Crippen LogP contribution < -0.4 is 0 Å². The van der Waals surface area contributed by atoms with Crippen molar-refractivity contribution in [2.75, 3.05) is 14.2 Å². The lowest BCUT2D eigenvalue weighted by Crippen LogP contribution is -2.27.